The third-order valence-corrected chi connectivity index (χ3v) is 3.17. The van der Waals surface area contributed by atoms with E-state index in [-0.39, 0.29) is 11.9 Å². The molecule has 1 amide bonds. The number of rotatable bonds is 7. The van der Waals surface area contributed by atoms with E-state index in [1.807, 2.05) is 0 Å². The van der Waals surface area contributed by atoms with Crippen molar-refractivity contribution < 1.29 is 9.53 Å². The van der Waals surface area contributed by atoms with Gasteiger partial charge in [-0.05, 0) is 32.1 Å². The highest BCUT2D eigenvalue weighted by Gasteiger charge is 2.14. The van der Waals surface area contributed by atoms with Gasteiger partial charge in [-0.2, -0.15) is 0 Å². The molecule has 0 aromatic heterocycles. The van der Waals surface area contributed by atoms with Crippen LogP contribution in [0.1, 0.15) is 51.9 Å². The van der Waals surface area contributed by atoms with Gasteiger partial charge in [-0.1, -0.05) is 13.3 Å². The number of nitrogens with two attached hydrogens (primary N) is 1. The van der Waals surface area contributed by atoms with Crippen molar-refractivity contribution in [3.63, 3.8) is 0 Å². The first-order valence-corrected chi connectivity index (χ1v) is 6.86. The molecule has 100 valence electrons. The van der Waals surface area contributed by atoms with Crippen molar-refractivity contribution in [2.45, 2.75) is 64.0 Å². The largest absolute Gasteiger partial charge is 0.378 e. The Kier molecular flexibility index (Phi) is 7.21. The predicted molar refractivity (Wildman–Crippen MR) is 68.7 cm³/mol. The Morgan fingerprint density at radius 1 is 1.53 bits per heavy atom. The van der Waals surface area contributed by atoms with E-state index in [4.69, 9.17) is 10.5 Å². The molecule has 0 saturated carbocycles. The maximum atomic E-state index is 11.5. The normalized spacial score (nSPS) is 22.1. The summed E-state index contributed by atoms with van der Waals surface area (Å²) in [6, 6.07) is 0.00549. The van der Waals surface area contributed by atoms with Crippen LogP contribution in [0.3, 0.4) is 0 Å². The summed E-state index contributed by atoms with van der Waals surface area (Å²) in [6.45, 7) is 3.67. The van der Waals surface area contributed by atoms with E-state index in [0.29, 0.717) is 19.1 Å². The standard InChI is InChI=1S/C13H26N2O2/c1-2-5-11(14)10-13(16)15-8-7-12-6-3-4-9-17-12/h11-12H,2-10,14H2,1H3,(H,15,16). The molecule has 17 heavy (non-hydrogen) atoms. The van der Waals surface area contributed by atoms with Crippen LogP contribution in [0.5, 0.6) is 0 Å². The lowest BCUT2D eigenvalue weighted by atomic mass is 10.1. The second-order valence-corrected chi connectivity index (χ2v) is 4.88. The summed E-state index contributed by atoms with van der Waals surface area (Å²) in [4.78, 5) is 11.5. The van der Waals surface area contributed by atoms with Crippen LogP contribution in [0, 0.1) is 0 Å². The molecule has 0 aliphatic carbocycles. The van der Waals surface area contributed by atoms with E-state index in [1.165, 1.54) is 12.8 Å². The minimum atomic E-state index is 0.00549. The quantitative estimate of drug-likeness (QED) is 0.712. The summed E-state index contributed by atoms with van der Waals surface area (Å²) in [7, 11) is 0. The minimum Gasteiger partial charge on any atom is -0.378 e. The zero-order chi connectivity index (χ0) is 12.5. The lowest BCUT2D eigenvalue weighted by molar-refractivity contribution is -0.121. The van der Waals surface area contributed by atoms with E-state index in [2.05, 4.69) is 12.2 Å². The molecule has 1 aliphatic rings. The van der Waals surface area contributed by atoms with Crippen LogP contribution in [0.25, 0.3) is 0 Å². The second kappa shape index (κ2) is 8.48. The van der Waals surface area contributed by atoms with Gasteiger partial charge in [0.15, 0.2) is 0 Å². The van der Waals surface area contributed by atoms with Crippen LogP contribution in [0.4, 0.5) is 0 Å². The summed E-state index contributed by atoms with van der Waals surface area (Å²) >= 11 is 0. The lowest BCUT2D eigenvalue weighted by Crippen LogP contribution is -2.33. The molecule has 0 aromatic carbocycles. The Bertz CT molecular complexity index is 215. The van der Waals surface area contributed by atoms with Crippen molar-refractivity contribution in [2.24, 2.45) is 5.73 Å². The van der Waals surface area contributed by atoms with E-state index in [9.17, 15) is 4.79 Å². The molecule has 0 spiro atoms. The molecule has 4 nitrogen and oxygen atoms in total. The van der Waals surface area contributed by atoms with Crippen LogP contribution in [-0.2, 0) is 9.53 Å². The van der Waals surface area contributed by atoms with Gasteiger partial charge in [0, 0.05) is 25.6 Å². The summed E-state index contributed by atoms with van der Waals surface area (Å²) in [5, 5.41) is 2.92. The smallest absolute Gasteiger partial charge is 0.221 e. The first-order valence-electron chi connectivity index (χ1n) is 6.86. The van der Waals surface area contributed by atoms with Gasteiger partial charge in [-0.3, -0.25) is 4.79 Å². The first-order chi connectivity index (χ1) is 8.22. The maximum absolute atomic E-state index is 11.5. The fourth-order valence-corrected chi connectivity index (χ4v) is 2.19. The topological polar surface area (TPSA) is 64.4 Å². The summed E-state index contributed by atoms with van der Waals surface area (Å²) in [6.07, 6.45) is 7.21. The molecule has 1 saturated heterocycles. The number of amides is 1. The second-order valence-electron chi connectivity index (χ2n) is 4.88. The molecular weight excluding hydrogens is 216 g/mol. The van der Waals surface area contributed by atoms with Gasteiger partial charge in [0.25, 0.3) is 0 Å². The van der Waals surface area contributed by atoms with E-state index >= 15 is 0 Å². The van der Waals surface area contributed by atoms with Crippen molar-refractivity contribution in [2.75, 3.05) is 13.2 Å². The van der Waals surface area contributed by atoms with E-state index in [0.717, 1.165) is 32.3 Å². The number of hydrogen-bond donors (Lipinski definition) is 2. The van der Waals surface area contributed by atoms with Gasteiger partial charge in [-0.15, -0.1) is 0 Å². The van der Waals surface area contributed by atoms with Crippen LogP contribution in [-0.4, -0.2) is 31.2 Å². The fraction of sp³-hybridized carbons (Fsp3) is 0.923. The van der Waals surface area contributed by atoms with Crippen LogP contribution in [0.15, 0.2) is 0 Å². The number of ether oxygens (including phenoxy) is 1. The average molecular weight is 242 g/mol. The number of carbonyl (C=O) groups excluding carboxylic acids is 1. The fourth-order valence-electron chi connectivity index (χ4n) is 2.19. The molecular formula is C13H26N2O2. The van der Waals surface area contributed by atoms with Gasteiger partial charge in [-0.25, -0.2) is 0 Å². The Hall–Kier alpha value is -0.610. The average Bonchev–Trinajstić information content (AvgIpc) is 2.30. The molecule has 1 rings (SSSR count). The zero-order valence-corrected chi connectivity index (χ0v) is 10.9. The number of carbonyl (C=O) groups is 1. The molecule has 0 bridgehead atoms. The first kappa shape index (κ1) is 14.5. The van der Waals surface area contributed by atoms with Gasteiger partial charge in [0.2, 0.25) is 5.91 Å². The van der Waals surface area contributed by atoms with Crippen molar-refractivity contribution in [1.82, 2.24) is 5.32 Å². The molecule has 1 aliphatic heterocycles. The van der Waals surface area contributed by atoms with Gasteiger partial charge >= 0.3 is 0 Å². The Labute approximate surface area is 104 Å². The van der Waals surface area contributed by atoms with Gasteiger partial charge in [0.05, 0.1) is 6.10 Å². The summed E-state index contributed by atoms with van der Waals surface area (Å²) < 4.78 is 5.60. The van der Waals surface area contributed by atoms with Crippen molar-refractivity contribution in [1.29, 1.82) is 0 Å². The number of nitrogens with one attached hydrogen (secondary N) is 1. The summed E-state index contributed by atoms with van der Waals surface area (Å²) in [5.74, 6) is 0.0711. The SMILES string of the molecule is CCCC(N)CC(=O)NCCC1CCCCO1. The van der Waals surface area contributed by atoms with Gasteiger partial charge in [0.1, 0.15) is 0 Å². The summed E-state index contributed by atoms with van der Waals surface area (Å²) in [5.41, 5.74) is 5.81. The van der Waals surface area contributed by atoms with Crippen molar-refractivity contribution in [3.05, 3.63) is 0 Å². The Morgan fingerprint density at radius 3 is 3.00 bits per heavy atom. The van der Waals surface area contributed by atoms with Crippen molar-refractivity contribution >= 4 is 5.91 Å². The molecule has 1 heterocycles. The lowest BCUT2D eigenvalue weighted by Gasteiger charge is -2.22. The van der Waals surface area contributed by atoms with Gasteiger partial charge < -0.3 is 15.8 Å². The molecule has 2 unspecified atom stereocenters. The number of hydrogen-bond acceptors (Lipinski definition) is 3. The van der Waals surface area contributed by atoms with Crippen LogP contribution < -0.4 is 11.1 Å². The highest BCUT2D eigenvalue weighted by atomic mass is 16.5. The van der Waals surface area contributed by atoms with E-state index < -0.39 is 0 Å². The molecule has 0 radical (unpaired) electrons. The molecule has 3 N–H and O–H groups in total. The molecule has 4 heteroatoms. The third-order valence-electron chi connectivity index (χ3n) is 3.17. The highest BCUT2D eigenvalue weighted by Crippen LogP contribution is 2.14. The van der Waals surface area contributed by atoms with Crippen LogP contribution in [0.2, 0.25) is 0 Å². The Morgan fingerprint density at radius 2 is 2.35 bits per heavy atom. The molecule has 1 fully saturated rings. The molecule has 2 atom stereocenters. The highest BCUT2D eigenvalue weighted by molar-refractivity contribution is 5.76. The maximum Gasteiger partial charge on any atom is 0.221 e. The van der Waals surface area contributed by atoms with Crippen LogP contribution >= 0.6 is 0 Å². The monoisotopic (exact) mass is 242 g/mol. The molecule has 0 aromatic rings. The van der Waals surface area contributed by atoms with E-state index in [1.54, 1.807) is 0 Å². The minimum absolute atomic E-state index is 0.00549. The third kappa shape index (κ3) is 6.64. The van der Waals surface area contributed by atoms with Crippen molar-refractivity contribution in [3.8, 4) is 0 Å². The Balaban J connectivity index is 2.03. The predicted octanol–water partition coefficient (Wildman–Crippen LogP) is 1.58. The zero-order valence-electron chi connectivity index (χ0n) is 10.9.